The Kier molecular flexibility index (Phi) is 3.41. The maximum Gasteiger partial charge on any atom is 0.573 e. The summed E-state index contributed by atoms with van der Waals surface area (Å²) >= 11 is 0. The van der Waals surface area contributed by atoms with Crippen LogP contribution in [-0.2, 0) is 0 Å². The van der Waals surface area contributed by atoms with Crippen LogP contribution in [0.3, 0.4) is 0 Å². The molecule has 6 heteroatoms. The summed E-state index contributed by atoms with van der Waals surface area (Å²) in [5.41, 5.74) is 0.251. The summed E-state index contributed by atoms with van der Waals surface area (Å²) in [5.74, 6) is -0.492. The van der Waals surface area contributed by atoms with Crippen molar-refractivity contribution in [3.8, 4) is 5.75 Å². The van der Waals surface area contributed by atoms with Crippen molar-refractivity contribution in [3.05, 3.63) is 23.8 Å². The van der Waals surface area contributed by atoms with Gasteiger partial charge in [0, 0.05) is 14.1 Å². The molecule has 0 heterocycles. The molecule has 0 unspecified atom stereocenters. The van der Waals surface area contributed by atoms with Crippen LogP contribution < -0.4 is 9.64 Å². The average molecular weight is 233 g/mol. The van der Waals surface area contributed by atoms with Crippen LogP contribution in [-0.4, -0.2) is 26.7 Å². The molecule has 0 saturated heterocycles. The molecule has 0 aliphatic carbocycles. The van der Waals surface area contributed by atoms with E-state index < -0.39 is 12.1 Å². The van der Waals surface area contributed by atoms with E-state index in [0.717, 1.165) is 6.07 Å². The highest BCUT2D eigenvalue weighted by Gasteiger charge is 2.32. The molecule has 16 heavy (non-hydrogen) atoms. The molecule has 0 fully saturated rings. The van der Waals surface area contributed by atoms with E-state index in [-0.39, 0.29) is 5.56 Å². The van der Waals surface area contributed by atoms with E-state index in [4.69, 9.17) is 0 Å². The first-order valence-corrected chi connectivity index (χ1v) is 4.36. The maximum absolute atomic E-state index is 12.0. The molecule has 0 aliphatic heterocycles. The van der Waals surface area contributed by atoms with E-state index in [1.165, 1.54) is 17.0 Å². The topological polar surface area (TPSA) is 29.5 Å². The standard InChI is InChI=1S/C10H10F3NO2/c1-14(2)8-4-3-5-9(7(8)6-15)16-10(11,12)13/h3-6H,1-2H3. The van der Waals surface area contributed by atoms with Crippen molar-refractivity contribution in [2.24, 2.45) is 0 Å². The first-order chi connectivity index (χ1) is 7.35. The van der Waals surface area contributed by atoms with E-state index >= 15 is 0 Å². The number of nitrogens with zero attached hydrogens (tertiary/aromatic N) is 1. The zero-order chi connectivity index (χ0) is 12.3. The van der Waals surface area contributed by atoms with Crippen molar-refractivity contribution >= 4 is 12.0 Å². The summed E-state index contributed by atoms with van der Waals surface area (Å²) in [6.45, 7) is 0. The molecule has 0 aliphatic rings. The highest BCUT2D eigenvalue weighted by Crippen LogP contribution is 2.30. The number of halogens is 3. The van der Waals surface area contributed by atoms with Gasteiger partial charge in [-0.05, 0) is 12.1 Å². The average Bonchev–Trinajstić information content (AvgIpc) is 2.14. The number of anilines is 1. The SMILES string of the molecule is CN(C)c1cccc(OC(F)(F)F)c1C=O. The summed E-state index contributed by atoms with van der Waals surface area (Å²) in [6, 6.07) is 4.03. The van der Waals surface area contributed by atoms with Crippen molar-refractivity contribution in [1.82, 2.24) is 0 Å². The van der Waals surface area contributed by atoms with Crippen LogP contribution in [0.1, 0.15) is 10.4 Å². The summed E-state index contributed by atoms with van der Waals surface area (Å²) in [5, 5.41) is 0. The minimum Gasteiger partial charge on any atom is -0.405 e. The third-order valence-corrected chi connectivity index (χ3v) is 1.87. The second kappa shape index (κ2) is 4.42. The number of hydrogen-bond donors (Lipinski definition) is 0. The van der Waals surface area contributed by atoms with E-state index in [1.807, 2.05) is 0 Å². The van der Waals surface area contributed by atoms with Crippen molar-refractivity contribution in [2.45, 2.75) is 6.36 Å². The van der Waals surface area contributed by atoms with Gasteiger partial charge in [0.2, 0.25) is 0 Å². The lowest BCUT2D eigenvalue weighted by atomic mass is 10.1. The Bertz CT molecular complexity index is 388. The lowest BCUT2D eigenvalue weighted by Gasteiger charge is -2.18. The van der Waals surface area contributed by atoms with E-state index in [0.29, 0.717) is 12.0 Å². The number of aldehydes is 1. The van der Waals surface area contributed by atoms with Gasteiger partial charge in [-0.3, -0.25) is 4.79 Å². The van der Waals surface area contributed by atoms with Gasteiger partial charge in [-0.25, -0.2) is 0 Å². The zero-order valence-electron chi connectivity index (χ0n) is 8.71. The summed E-state index contributed by atoms with van der Waals surface area (Å²) in [6.07, 6.45) is -4.46. The number of carbonyl (C=O) groups excluding carboxylic acids is 1. The van der Waals surface area contributed by atoms with Crippen LogP contribution >= 0.6 is 0 Å². The molecule has 88 valence electrons. The fourth-order valence-electron chi connectivity index (χ4n) is 1.25. The van der Waals surface area contributed by atoms with Gasteiger partial charge in [-0.1, -0.05) is 6.07 Å². The van der Waals surface area contributed by atoms with Crippen LogP contribution in [0.2, 0.25) is 0 Å². The Morgan fingerprint density at radius 1 is 1.31 bits per heavy atom. The molecule has 0 bridgehead atoms. The van der Waals surface area contributed by atoms with E-state index in [2.05, 4.69) is 4.74 Å². The van der Waals surface area contributed by atoms with Crippen LogP contribution in [0.4, 0.5) is 18.9 Å². The first kappa shape index (κ1) is 12.4. The van der Waals surface area contributed by atoms with Gasteiger partial charge in [0.05, 0.1) is 11.3 Å². The molecule has 1 aromatic carbocycles. The van der Waals surface area contributed by atoms with Crippen LogP contribution in [0.5, 0.6) is 5.75 Å². The molecular weight excluding hydrogens is 223 g/mol. The molecule has 0 radical (unpaired) electrons. The van der Waals surface area contributed by atoms with Gasteiger partial charge < -0.3 is 9.64 Å². The number of ether oxygens (including phenoxy) is 1. The monoisotopic (exact) mass is 233 g/mol. The van der Waals surface area contributed by atoms with Crippen molar-refractivity contribution in [1.29, 1.82) is 0 Å². The molecule has 0 aromatic heterocycles. The van der Waals surface area contributed by atoms with Gasteiger partial charge >= 0.3 is 6.36 Å². The molecule has 0 N–H and O–H groups in total. The largest absolute Gasteiger partial charge is 0.573 e. The molecule has 0 atom stereocenters. The van der Waals surface area contributed by atoms with Crippen molar-refractivity contribution in [2.75, 3.05) is 19.0 Å². The predicted octanol–water partition coefficient (Wildman–Crippen LogP) is 2.46. The number of alkyl halides is 3. The second-order valence-electron chi connectivity index (χ2n) is 3.25. The highest BCUT2D eigenvalue weighted by atomic mass is 19.4. The lowest BCUT2D eigenvalue weighted by Crippen LogP contribution is -2.19. The molecule has 3 nitrogen and oxygen atoms in total. The normalized spacial score (nSPS) is 11.1. The lowest BCUT2D eigenvalue weighted by molar-refractivity contribution is -0.274. The van der Waals surface area contributed by atoms with Gasteiger partial charge in [0.15, 0.2) is 6.29 Å². The summed E-state index contributed by atoms with van der Waals surface area (Å²) in [4.78, 5) is 12.3. The minimum atomic E-state index is -4.80. The van der Waals surface area contributed by atoms with E-state index in [9.17, 15) is 18.0 Å². The molecule has 1 rings (SSSR count). The number of carbonyl (C=O) groups is 1. The Hall–Kier alpha value is -1.72. The first-order valence-electron chi connectivity index (χ1n) is 4.36. The Morgan fingerprint density at radius 3 is 2.38 bits per heavy atom. The summed E-state index contributed by atoms with van der Waals surface area (Å²) < 4.78 is 39.9. The molecule has 1 aromatic rings. The number of benzene rings is 1. The quantitative estimate of drug-likeness (QED) is 0.751. The summed E-state index contributed by atoms with van der Waals surface area (Å²) in [7, 11) is 3.25. The highest BCUT2D eigenvalue weighted by molar-refractivity contribution is 5.88. The van der Waals surface area contributed by atoms with Crippen molar-refractivity contribution < 1.29 is 22.7 Å². The van der Waals surface area contributed by atoms with Crippen LogP contribution in [0, 0.1) is 0 Å². The number of rotatable bonds is 3. The van der Waals surface area contributed by atoms with Crippen LogP contribution in [0.25, 0.3) is 0 Å². The molecule has 0 spiro atoms. The second-order valence-corrected chi connectivity index (χ2v) is 3.25. The minimum absolute atomic E-state index is 0.121. The Morgan fingerprint density at radius 2 is 1.94 bits per heavy atom. The fourth-order valence-corrected chi connectivity index (χ4v) is 1.25. The van der Waals surface area contributed by atoms with Crippen LogP contribution in [0.15, 0.2) is 18.2 Å². The molecule has 0 saturated carbocycles. The third-order valence-electron chi connectivity index (χ3n) is 1.87. The Balaban J connectivity index is 3.19. The van der Waals surface area contributed by atoms with Gasteiger partial charge in [0.1, 0.15) is 5.75 Å². The van der Waals surface area contributed by atoms with Gasteiger partial charge in [0.25, 0.3) is 0 Å². The fraction of sp³-hybridized carbons (Fsp3) is 0.300. The third kappa shape index (κ3) is 2.88. The smallest absolute Gasteiger partial charge is 0.405 e. The van der Waals surface area contributed by atoms with Crippen molar-refractivity contribution in [3.63, 3.8) is 0 Å². The van der Waals surface area contributed by atoms with Gasteiger partial charge in [-0.15, -0.1) is 13.2 Å². The Labute approximate surface area is 90.4 Å². The molecular formula is C10H10F3NO2. The zero-order valence-corrected chi connectivity index (χ0v) is 8.71. The molecule has 0 amide bonds. The van der Waals surface area contributed by atoms with E-state index in [1.54, 1.807) is 14.1 Å². The van der Waals surface area contributed by atoms with Gasteiger partial charge in [-0.2, -0.15) is 0 Å². The maximum atomic E-state index is 12.0. The predicted molar refractivity (Wildman–Crippen MR) is 52.8 cm³/mol. The number of hydrogen-bond acceptors (Lipinski definition) is 3.